The number of carbonyl (C=O) groups excluding carboxylic acids is 1. The molecule has 1 aromatic carbocycles. The van der Waals surface area contributed by atoms with Gasteiger partial charge in [-0.2, -0.15) is 0 Å². The molecule has 1 aliphatic rings. The van der Waals surface area contributed by atoms with Crippen molar-refractivity contribution in [1.29, 1.82) is 0 Å². The Bertz CT molecular complexity index is 618. The molecule has 0 aromatic heterocycles. The molecule has 3 unspecified atom stereocenters. The number of hydrogen-bond acceptors (Lipinski definition) is 5. The lowest BCUT2D eigenvalue weighted by Crippen LogP contribution is -2.53. The van der Waals surface area contributed by atoms with Crippen LogP contribution in [0.2, 0.25) is 0 Å². The van der Waals surface area contributed by atoms with Crippen LogP contribution in [0.5, 0.6) is 0 Å². The highest BCUT2D eigenvalue weighted by atomic mass is 79.9. The van der Waals surface area contributed by atoms with E-state index in [-0.39, 0.29) is 12.0 Å². The summed E-state index contributed by atoms with van der Waals surface area (Å²) in [4.78, 5) is 17.1. The summed E-state index contributed by atoms with van der Waals surface area (Å²) >= 11 is 2.58. The molecule has 132 valence electrons. The van der Waals surface area contributed by atoms with E-state index in [9.17, 15) is 9.35 Å². The van der Waals surface area contributed by atoms with Gasteiger partial charge in [0, 0.05) is 27.5 Å². The van der Waals surface area contributed by atoms with Crippen molar-refractivity contribution in [2.45, 2.75) is 25.8 Å². The largest absolute Gasteiger partial charge is 0.598 e. The van der Waals surface area contributed by atoms with Gasteiger partial charge >= 0.3 is 5.97 Å². The number of esters is 1. The Morgan fingerprint density at radius 2 is 2.08 bits per heavy atom. The molecule has 24 heavy (non-hydrogen) atoms. The predicted molar refractivity (Wildman–Crippen MR) is 101 cm³/mol. The van der Waals surface area contributed by atoms with Gasteiger partial charge in [-0.1, -0.05) is 34.1 Å². The summed E-state index contributed by atoms with van der Waals surface area (Å²) in [5, 5.41) is 0. The normalized spacial score (nSPS) is 20.2. The number of methoxy groups -OCH3 is 1. The van der Waals surface area contributed by atoms with Crippen LogP contribution in [0.1, 0.15) is 25.3 Å². The van der Waals surface area contributed by atoms with E-state index in [1.54, 1.807) is 6.26 Å². The first kappa shape index (κ1) is 19.4. The van der Waals surface area contributed by atoms with E-state index in [0.717, 1.165) is 28.8 Å². The molecular weight excluding hydrogens is 392 g/mol. The van der Waals surface area contributed by atoms with E-state index in [1.165, 1.54) is 7.11 Å². The number of rotatable bonds is 6. The molecule has 0 radical (unpaired) electrons. The van der Waals surface area contributed by atoms with Gasteiger partial charge < -0.3 is 9.29 Å². The first-order valence-corrected chi connectivity index (χ1v) is 10.1. The van der Waals surface area contributed by atoms with Crippen molar-refractivity contribution in [2.24, 2.45) is 10.9 Å². The van der Waals surface area contributed by atoms with Crippen molar-refractivity contribution in [2.75, 3.05) is 26.5 Å². The smallest absolute Gasteiger partial charge is 0.318 e. The van der Waals surface area contributed by atoms with E-state index < -0.39 is 17.3 Å². The van der Waals surface area contributed by atoms with Crippen molar-refractivity contribution < 1.29 is 14.1 Å². The first-order valence-electron chi connectivity index (χ1n) is 7.80. The topological polar surface area (TPSA) is 65.0 Å². The summed E-state index contributed by atoms with van der Waals surface area (Å²) in [7, 11) is 1.39. The quantitative estimate of drug-likeness (QED) is 0.407. The van der Waals surface area contributed by atoms with Gasteiger partial charge in [0.2, 0.25) is 0 Å². The van der Waals surface area contributed by atoms with Gasteiger partial charge in [0.25, 0.3) is 0 Å². The third-order valence-electron chi connectivity index (χ3n) is 4.40. The van der Waals surface area contributed by atoms with Crippen LogP contribution in [0.3, 0.4) is 0 Å². The van der Waals surface area contributed by atoms with Gasteiger partial charge in [-0.25, -0.2) is 0 Å². The highest BCUT2D eigenvalue weighted by Crippen LogP contribution is 2.29. The maximum Gasteiger partial charge on any atom is 0.318 e. The van der Waals surface area contributed by atoms with Crippen LogP contribution in [-0.2, 0) is 20.9 Å². The van der Waals surface area contributed by atoms with Crippen LogP contribution in [0.15, 0.2) is 33.7 Å². The number of hydrogen-bond donors (Lipinski definition) is 0. The van der Waals surface area contributed by atoms with Crippen LogP contribution >= 0.6 is 15.9 Å². The molecule has 0 saturated carbocycles. The fraction of sp³-hybridized carbons (Fsp3) is 0.529. The fourth-order valence-electron chi connectivity index (χ4n) is 2.84. The summed E-state index contributed by atoms with van der Waals surface area (Å²) in [5.74, 6) is -0.480. The molecule has 0 bridgehead atoms. The molecule has 2 rings (SSSR count). The Balaban J connectivity index is 2.18. The van der Waals surface area contributed by atoms with Gasteiger partial charge in [-0.05, 0) is 25.5 Å². The molecule has 7 heteroatoms. The Morgan fingerprint density at radius 1 is 1.46 bits per heavy atom. The molecule has 0 spiro atoms. The lowest BCUT2D eigenvalue weighted by atomic mass is 9.92. The SMILES string of the molecule is COC(=O)C(/C(C)=N/C(C)C1CN([S+](C)[O-])C1)c1ccccc1Br. The Labute approximate surface area is 154 Å². The average Bonchev–Trinajstić information content (AvgIpc) is 2.47. The van der Waals surface area contributed by atoms with Crippen molar-refractivity contribution >= 4 is 39.0 Å². The molecule has 0 N–H and O–H groups in total. The predicted octanol–water partition coefficient (Wildman–Crippen LogP) is 2.78. The third kappa shape index (κ3) is 4.39. The average molecular weight is 415 g/mol. The number of benzene rings is 1. The molecule has 1 heterocycles. The standard InChI is InChI=1S/C17H23BrN2O3S/c1-11(13-9-20(10-13)24(4)22)19-12(2)16(17(21)23-3)14-7-5-6-8-15(14)18/h5-8,11,13,16H,9-10H2,1-4H3/b19-12+. The minimum absolute atomic E-state index is 0.0689. The molecule has 1 fully saturated rings. The van der Waals surface area contributed by atoms with Crippen LogP contribution < -0.4 is 0 Å². The van der Waals surface area contributed by atoms with Gasteiger partial charge in [0.05, 0.1) is 26.2 Å². The number of carbonyl (C=O) groups is 1. The van der Waals surface area contributed by atoms with Gasteiger partial charge in [0.15, 0.2) is 0 Å². The number of ether oxygens (including phenoxy) is 1. The number of nitrogens with zero attached hydrogens (tertiary/aromatic N) is 2. The zero-order chi connectivity index (χ0) is 17.9. The Morgan fingerprint density at radius 3 is 2.62 bits per heavy atom. The van der Waals surface area contributed by atoms with Gasteiger partial charge in [-0.15, -0.1) is 4.31 Å². The Kier molecular flexibility index (Phi) is 6.86. The minimum Gasteiger partial charge on any atom is -0.598 e. The fourth-order valence-corrected chi connectivity index (χ4v) is 4.15. The summed E-state index contributed by atoms with van der Waals surface area (Å²) in [6.07, 6.45) is 1.69. The summed E-state index contributed by atoms with van der Waals surface area (Å²) in [5.41, 5.74) is 1.58. The number of aliphatic imine (C=N–C) groups is 1. The second-order valence-corrected chi connectivity index (χ2v) is 8.24. The van der Waals surface area contributed by atoms with E-state index in [4.69, 9.17) is 9.73 Å². The molecule has 5 nitrogen and oxygen atoms in total. The first-order chi connectivity index (χ1) is 11.3. The summed E-state index contributed by atoms with van der Waals surface area (Å²) in [6, 6.07) is 7.68. The Hall–Kier alpha value is -0.890. The van der Waals surface area contributed by atoms with Crippen molar-refractivity contribution in [3.63, 3.8) is 0 Å². The monoisotopic (exact) mass is 414 g/mol. The third-order valence-corrected chi connectivity index (χ3v) is 6.15. The van der Waals surface area contributed by atoms with Gasteiger partial charge in [0.1, 0.15) is 12.2 Å². The molecule has 0 aliphatic carbocycles. The van der Waals surface area contributed by atoms with Crippen LogP contribution in [-0.4, -0.2) is 53.0 Å². The van der Waals surface area contributed by atoms with Crippen molar-refractivity contribution in [3.05, 3.63) is 34.3 Å². The molecule has 0 amide bonds. The molecular formula is C17H23BrN2O3S. The van der Waals surface area contributed by atoms with E-state index in [2.05, 4.69) is 15.9 Å². The van der Waals surface area contributed by atoms with Gasteiger partial charge in [-0.3, -0.25) is 9.79 Å². The minimum atomic E-state index is -0.919. The number of halogens is 1. The molecule has 1 aliphatic heterocycles. The maximum absolute atomic E-state index is 12.3. The molecule has 1 aromatic rings. The highest BCUT2D eigenvalue weighted by Gasteiger charge is 2.37. The highest BCUT2D eigenvalue weighted by molar-refractivity contribution is 9.10. The summed E-state index contributed by atoms with van der Waals surface area (Å²) < 4.78 is 19.2. The van der Waals surface area contributed by atoms with Crippen molar-refractivity contribution in [1.82, 2.24) is 4.31 Å². The van der Waals surface area contributed by atoms with E-state index >= 15 is 0 Å². The van der Waals surface area contributed by atoms with E-state index in [1.807, 2.05) is 42.4 Å². The van der Waals surface area contributed by atoms with E-state index in [0.29, 0.717) is 5.92 Å². The lowest BCUT2D eigenvalue weighted by molar-refractivity contribution is -0.140. The van der Waals surface area contributed by atoms with Crippen LogP contribution in [0.25, 0.3) is 0 Å². The second-order valence-electron chi connectivity index (χ2n) is 6.02. The lowest BCUT2D eigenvalue weighted by Gasteiger charge is -2.39. The zero-order valence-electron chi connectivity index (χ0n) is 14.4. The van der Waals surface area contributed by atoms with Crippen LogP contribution in [0.4, 0.5) is 0 Å². The molecule has 3 atom stereocenters. The zero-order valence-corrected chi connectivity index (χ0v) is 16.8. The van der Waals surface area contributed by atoms with Crippen LogP contribution in [0, 0.1) is 5.92 Å². The second kappa shape index (κ2) is 8.47. The summed E-state index contributed by atoms with van der Waals surface area (Å²) in [6.45, 7) is 5.46. The maximum atomic E-state index is 12.3. The molecule has 1 saturated heterocycles. The van der Waals surface area contributed by atoms with Crippen molar-refractivity contribution in [3.8, 4) is 0 Å².